The number of aromatic nitrogens is 18. The summed E-state index contributed by atoms with van der Waals surface area (Å²) in [7, 11) is 0. The average Bonchev–Trinajstić information content (AvgIpc) is 1.81. The Bertz CT molecular complexity index is 3660. The molecule has 570 valence electrons. The number of hydrogen-bond donors (Lipinski definition) is 11. The fourth-order valence-electron chi connectivity index (χ4n) is 6.74. The minimum Gasteiger partial charge on any atom is -0.413 e. The maximum atomic E-state index is 10.6. The van der Waals surface area contributed by atoms with Gasteiger partial charge in [-0.05, 0) is 41.1 Å². The predicted molar refractivity (Wildman–Crippen MR) is 402 cm³/mol. The Labute approximate surface area is 606 Å². The van der Waals surface area contributed by atoms with Gasteiger partial charge in [0, 0.05) is 112 Å². The van der Waals surface area contributed by atoms with Gasteiger partial charge in [-0.15, -0.1) is 10.2 Å². The SMILES string of the molecule is CC(C)C1=CN=NC1.CC(C)c1c[nH]c(=O)o1.CC(C)c1c[nH]c(=O)o1.CC(C)c1c[nH]c(=O)o1.CC(C)c1c[nH]c(=O)s1.CC(C)c1c[nH]c(=O)s1.CC(C)c1cc(=O)[nH]o1.CC(C)c1cc(=O)[nH]o1.CC(C)c1cn[nH]n1.CC(C)c1cnc[nH]1.CC(C)c1cnc[nH]1.CC(C)c1nn[nH]n1. The first-order chi connectivity index (χ1) is 48.4. The van der Waals surface area contributed by atoms with Crippen molar-refractivity contribution in [1.29, 1.82) is 0 Å². The number of tetrazole rings is 1. The fraction of sp³-hybridized carbons (Fsp3) is 0.536. The van der Waals surface area contributed by atoms with Gasteiger partial charge in [0.1, 0.15) is 28.8 Å². The monoisotopic (exact) mass is 1470 g/mol. The smallest absolute Gasteiger partial charge is 0.413 e. The standard InChI is InChI=1S/3C6H10N2.5C6H9NO2.2C6H9NOS.C5H9N3.C4H8N4/c2*1-5(2)6-3-7-4-8-6;1-5(2)6-3-7-8-4-6;3*1-4(2)5-3-7-6(8)9-5;2*1-4(2)5-3-6(8)7-9-5;2*1-4(2)5-3-7-6(8)9-5;1-4(2)5-3-6-8-7-5;1-3(2)4-5-7-8-6-4/h2*3-5H,1-2H3,(H,7,8);3,5H,4H2,1-2H3;7*3-4H,1-2H3,(H,7,8);3-4H,1-2H3,(H,6,7,8);3H,1-2H3,(H,5,6,7,8). The Morgan fingerprint density at radius 1 is 0.398 bits per heavy atom. The number of azo groups is 1. The predicted octanol–water partition coefficient (Wildman–Crippen LogP) is 14.9. The summed E-state index contributed by atoms with van der Waals surface area (Å²) >= 11 is 2.57. The third kappa shape index (κ3) is 40.2. The van der Waals surface area contributed by atoms with Gasteiger partial charge in [0.25, 0.3) is 11.1 Å². The van der Waals surface area contributed by atoms with E-state index in [2.05, 4.69) is 185 Å². The molecular weight excluding hydrogens is 1370 g/mol. The first-order valence-electron chi connectivity index (χ1n) is 33.8. The number of thiazole rings is 2. The molecular formula is C69H110N20O12S2. The number of H-pyrrole nitrogens is 11. The highest BCUT2D eigenvalue weighted by Gasteiger charge is 2.09. The van der Waals surface area contributed by atoms with Gasteiger partial charge in [-0.3, -0.25) is 34.1 Å². The van der Waals surface area contributed by atoms with Crippen LogP contribution >= 0.6 is 22.7 Å². The van der Waals surface area contributed by atoms with Crippen LogP contribution in [0.15, 0.2) is 152 Å². The molecule has 0 saturated heterocycles. The lowest BCUT2D eigenvalue weighted by molar-refractivity contribution is 0.367. The van der Waals surface area contributed by atoms with Gasteiger partial charge in [-0.2, -0.15) is 41.2 Å². The van der Waals surface area contributed by atoms with Crippen LogP contribution in [0.1, 0.15) is 293 Å². The van der Waals surface area contributed by atoms with Gasteiger partial charge in [0.2, 0.25) is 0 Å². The van der Waals surface area contributed by atoms with Crippen LogP contribution in [0.25, 0.3) is 0 Å². The van der Waals surface area contributed by atoms with Crippen LogP contribution < -0.4 is 38.1 Å². The molecule has 103 heavy (non-hydrogen) atoms. The van der Waals surface area contributed by atoms with Gasteiger partial charge in [0.15, 0.2) is 5.82 Å². The van der Waals surface area contributed by atoms with Crippen LogP contribution in [-0.4, -0.2) is 97.7 Å². The van der Waals surface area contributed by atoms with Crippen LogP contribution in [0.4, 0.5) is 0 Å². The van der Waals surface area contributed by atoms with E-state index in [-0.39, 0.29) is 67.7 Å². The second kappa shape index (κ2) is 49.4. The van der Waals surface area contributed by atoms with Crippen molar-refractivity contribution in [1.82, 2.24) is 91.2 Å². The maximum absolute atomic E-state index is 10.6. The van der Waals surface area contributed by atoms with Crippen LogP contribution in [0.2, 0.25) is 0 Å². The summed E-state index contributed by atoms with van der Waals surface area (Å²) in [5.41, 5.74) is 4.42. The summed E-state index contributed by atoms with van der Waals surface area (Å²) in [5, 5.41) is 35.4. The Hall–Kier alpha value is -10.1. The molecule has 11 aromatic heterocycles. The largest absolute Gasteiger partial charge is 0.416 e. The molecule has 1 aliphatic rings. The zero-order valence-electron chi connectivity index (χ0n) is 63.9. The summed E-state index contributed by atoms with van der Waals surface area (Å²) in [5.74, 6) is 8.12. The molecule has 0 atom stereocenters. The van der Waals surface area contributed by atoms with E-state index in [4.69, 9.17) is 22.3 Å². The van der Waals surface area contributed by atoms with Crippen molar-refractivity contribution in [3.63, 3.8) is 0 Å². The molecule has 12 rings (SSSR count). The van der Waals surface area contributed by atoms with E-state index in [1.807, 2.05) is 102 Å². The van der Waals surface area contributed by atoms with Gasteiger partial charge in [0.05, 0.1) is 37.3 Å². The summed E-state index contributed by atoms with van der Waals surface area (Å²) in [6.45, 7) is 49.8. The molecule has 0 unspecified atom stereocenters. The zero-order chi connectivity index (χ0) is 77.9. The minimum absolute atomic E-state index is 0.0405. The van der Waals surface area contributed by atoms with Crippen LogP contribution in [0.5, 0.6) is 0 Å². The topological polar surface area (TPSA) is 474 Å². The van der Waals surface area contributed by atoms with Crippen molar-refractivity contribution in [2.75, 3.05) is 6.54 Å². The van der Waals surface area contributed by atoms with Gasteiger partial charge < -0.3 is 42.2 Å². The van der Waals surface area contributed by atoms with E-state index in [1.54, 1.807) is 49.8 Å². The van der Waals surface area contributed by atoms with Crippen molar-refractivity contribution in [3.8, 4) is 0 Å². The Kier molecular flexibility index (Phi) is 43.6. The lowest BCUT2D eigenvalue weighted by Gasteiger charge is -1.99. The molecule has 11 N–H and O–H groups in total. The Morgan fingerprint density at radius 2 is 0.796 bits per heavy atom. The number of imidazole rings is 2. The van der Waals surface area contributed by atoms with E-state index in [1.165, 1.54) is 51.8 Å². The molecule has 0 spiro atoms. The van der Waals surface area contributed by atoms with Crippen molar-refractivity contribution >= 4 is 22.7 Å². The lowest BCUT2D eigenvalue weighted by atomic mass is 10.1. The van der Waals surface area contributed by atoms with E-state index in [0.29, 0.717) is 70.2 Å². The number of nitrogens with zero attached hydrogens (tertiary/aromatic N) is 9. The highest BCUT2D eigenvalue weighted by molar-refractivity contribution is 7.09. The minimum atomic E-state index is -0.376. The normalized spacial score (nSPS) is 11.0. The quantitative estimate of drug-likeness (QED) is 0.0541. The van der Waals surface area contributed by atoms with E-state index in [0.717, 1.165) is 27.8 Å². The summed E-state index contributed by atoms with van der Waals surface area (Å²) in [6, 6.07) is 2.93. The molecule has 0 aliphatic carbocycles. The molecule has 11 aromatic rings. The molecule has 0 radical (unpaired) electrons. The molecule has 34 heteroatoms. The second-order valence-electron chi connectivity index (χ2n) is 26.3. The van der Waals surface area contributed by atoms with Gasteiger partial charge in [-0.1, -0.05) is 194 Å². The number of rotatable bonds is 12. The van der Waals surface area contributed by atoms with E-state index < -0.39 is 0 Å². The molecule has 1 aliphatic heterocycles. The third-order valence-corrected chi connectivity index (χ3v) is 15.5. The second-order valence-corrected chi connectivity index (χ2v) is 28.4. The molecule has 0 saturated carbocycles. The van der Waals surface area contributed by atoms with Crippen LogP contribution in [0, 0.1) is 5.92 Å². The number of nitrogens with one attached hydrogen (secondary N) is 11. The van der Waals surface area contributed by atoms with Crippen LogP contribution in [-0.2, 0) is 0 Å². The number of oxazole rings is 3. The van der Waals surface area contributed by atoms with Crippen LogP contribution in [0.3, 0.4) is 0 Å². The first kappa shape index (κ1) is 90.9. The van der Waals surface area contributed by atoms with E-state index in [9.17, 15) is 33.6 Å². The first-order valence-corrected chi connectivity index (χ1v) is 35.4. The molecule has 0 aromatic carbocycles. The molecule has 32 nitrogen and oxygen atoms in total. The van der Waals surface area contributed by atoms with Gasteiger partial charge >= 0.3 is 27.0 Å². The van der Waals surface area contributed by atoms with Gasteiger partial charge in [-0.25, -0.2) is 24.4 Å². The Morgan fingerprint density at radius 3 is 0.932 bits per heavy atom. The fourth-order valence-corrected chi connectivity index (χ4v) is 8.11. The van der Waals surface area contributed by atoms with Crippen molar-refractivity contribution in [2.45, 2.75) is 231 Å². The molecule has 0 bridgehead atoms. The highest BCUT2D eigenvalue weighted by atomic mass is 32.1. The molecule has 0 fully saturated rings. The summed E-state index contributed by atoms with van der Waals surface area (Å²) < 4.78 is 23.8. The average molecular weight is 1480 g/mol. The maximum Gasteiger partial charge on any atom is 0.416 e. The molecule has 12 heterocycles. The van der Waals surface area contributed by atoms with E-state index >= 15 is 0 Å². The molecule has 0 amide bonds. The zero-order valence-corrected chi connectivity index (χ0v) is 65.5. The summed E-state index contributed by atoms with van der Waals surface area (Å²) in [6.07, 6.45) is 19.0. The van der Waals surface area contributed by atoms with Crippen molar-refractivity contribution in [2.24, 2.45) is 16.1 Å². The highest BCUT2D eigenvalue weighted by Crippen LogP contribution is 2.18. The lowest BCUT2D eigenvalue weighted by Crippen LogP contribution is -1.93. The van der Waals surface area contributed by atoms with Crippen molar-refractivity contribution < 1.29 is 22.3 Å². The Balaban J connectivity index is 0.000000562. The number of aromatic amines is 11. The van der Waals surface area contributed by atoms with Crippen molar-refractivity contribution in [3.05, 3.63) is 219 Å². The third-order valence-electron chi connectivity index (χ3n) is 13.3. The number of hydrogen-bond acceptors (Lipinski definition) is 23. The summed E-state index contributed by atoms with van der Waals surface area (Å²) in [4.78, 5) is 102.